The van der Waals surface area contributed by atoms with Crippen LogP contribution in [-0.2, 0) is 5.41 Å². The first kappa shape index (κ1) is 19.2. The lowest BCUT2D eigenvalue weighted by molar-refractivity contribution is -0.673. The summed E-state index contributed by atoms with van der Waals surface area (Å²) in [5.74, 6) is -0.0117. The minimum Gasteiger partial charge on any atom is -0.449 e. The molecule has 1 aliphatic heterocycles. The Bertz CT molecular complexity index is 1130. The molecule has 2 N–H and O–H groups in total. The van der Waals surface area contributed by atoms with E-state index in [0.717, 1.165) is 42.8 Å². The van der Waals surface area contributed by atoms with Crippen LogP contribution < -0.4 is 5.32 Å². The minimum absolute atomic E-state index is 0.0352. The molecule has 30 heavy (non-hydrogen) atoms. The molecular weight excluding hydrogens is 381 g/mol. The standard InChI is InChI=1S/C24H26FN3O2/c1-23(2)14-26-10-11-28(23)22(29)20-13-19-21(30-20)17(24(3)8-9-24)12-18(27-19)15-4-6-16(25)7-5-15/h4-7,12-13,26H,8-11,14H2,1-3H3/p+1. The van der Waals surface area contributed by atoms with E-state index < -0.39 is 0 Å². The van der Waals surface area contributed by atoms with Crippen LogP contribution in [-0.4, -0.2) is 41.0 Å². The molecule has 0 atom stereocenters. The van der Waals surface area contributed by atoms with E-state index in [1.54, 1.807) is 18.2 Å². The molecule has 2 aliphatic rings. The van der Waals surface area contributed by atoms with E-state index in [2.05, 4.69) is 26.1 Å². The number of carbonyl (C=O) groups is 1. The van der Waals surface area contributed by atoms with Crippen molar-refractivity contribution in [1.29, 1.82) is 0 Å². The van der Waals surface area contributed by atoms with Crippen molar-refractivity contribution in [3.63, 3.8) is 0 Å². The van der Waals surface area contributed by atoms with E-state index in [4.69, 9.17) is 9.40 Å². The second-order valence-corrected chi connectivity index (χ2v) is 9.50. The molecule has 5 rings (SSSR count). The van der Waals surface area contributed by atoms with E-state index in [1.807, 2.05) is 11.0 Å². The number of carbonyl (C=O) groups excluding carboxylic acids is 1. The maximum Gasteiger partial charge on any atom is 0.290 e. The van der Waals surface area contributed by atoms with Crippen LogP contribution in [0.25, 0.3) is 22.4 Å². The fraction of sp³-hybridized carbons (Fsp3) is 0.417. The van der Waals surface area contributed by atoms with Gasteiger partial charge in [-0.1, -0.05) is 6.92 Å². The molecule has 0 bridgehead atoms. The summed E-state index contributed by atoms with van der Waals surface area (Å²) >= 11 is 0. The molecule has 1 saturated carbocycles. The van der Waals surface area contributed by atoms with Gasteiger partial charge >= 0.3 is 0 Å². The number of furan rings is 1. The summed E-state index contributed by atoms with van der Waals surface area (Å²) in [6, 6.07) is 10.2. The van der Waals surface area contributed by atoms with Crippen LogP contribution in [0.4, 0.5) is 4.39 Å². The molecular formula is C24H27FN3O2+. The predicted octanol–water partition coefficient (Wildman–Crippen LogP) is 3.48. The Morgan fingerprint density at radius 3 is 2.57 bits per heavy atom. The van der Waals surface area contributed by atoms with Gasteiger partial charge in [-0.25, -0.2) is 9.37 Å². The Hall–Kier alpha value is -2.73. The number of piperazine rings is 1. The second kappa shape index (κ2) is 6.64. The maximum atomic E-state index is 13.4. The number of benzene rings is 1. The average molecular weight is 408 g/mol. The highest BCUT2D eigenvalue weighted by Gasteiger charge is 2.43. The van der Waals surface area contributed by atoms with E-state index in [0.29, 0.717) is 23.4 Å². The summed E-state index contributed by atoms with van der Waals surface area (Å²) in [6.07, 6.45) is 2.15. The zero-order chi connectivity index (χ0) is 21.1. The fourth-order valence-electron chi connectivity index (χ4n) is 4.40. The molecule has 156 valence electrons. The summed E-state index contributed by atoms with van der Waals surface area (Å²) in [5, 5.41) is 2.24. The number of pyridine rings is 1. The quantitative estimate of drug-likeness (QED) is 0.722. The summed E-state index contributed by atoms with van der Waals surface area (Å²) in [5.41, 5.74) is 3.90. The molecule has 2 fully saturated rings. The third-order valence-corrected chi connectivity index (χ3v) is 6.66. The van der Waals surface area contributed by atoms with E-state index >= 15 is 0 Å². The molecule has 3 heterocycles. The van der Waals surface area contributed by atoms with Gasteiger partial charge in [-0.2, -0.15) is 0 Å². The highest BCUT2D eigenvalue weighted by Crippen LogP contribution is 2.50. The van der Waals surface area contributed by atoms with Gasteiger partial charge in [0, 0.05) is 17.2 Å². The Morgan fingerprint density at radius 2 is 1.90 bits per heavy atom. The molecule has 0 unspecified atom stereocenters. The smallest absolute Gasteiger partial charge is 0.290 e. The van der Waals surface area contributed by atoms with Crippen molar-refractivity contribution in [3.05, 3.63) is 53.5 Å². The van der Waals surface area contributed by atoms with Crippen LogP contribution in [0.15, 0.2) is 40.8 Å². The molecule has 1 aliphatic carbocycles. The monoisotopic (exact) mass is 408 g/mol. The largest absolute Gasteiger partial charge is 0.449 e. The van der Waals surface area contributed by atoms with Crippen molar-refractivity contribution in [1.82, 2.24) is 9.88 Å². The van der Waals surface area contributed by atoms with Crippen molar-refractivity contribution >= 4 is 17.0 Å². The Kier molecular flexibility index (Phi) is 4.26. The van der Waals surface area contributed by atoms with Crippen LogP contribution in [0, 0.1) is 5.82 Å². The number of hydrogen-bond donors (Lipinski definition) is 1. The Morgan fingerprint density at radius 1 is 1.17 bits per heavy atom. The highest BCUT2D eigenvalue weighted by molar-refractivity contribution is 5.97. The van der Waals surface area contributed by atoms with Crippen molar-refractivity contribution in [3.8, 4) is 11.3 Å². The summed E-state index contributed by atoms with van der Waals surface area (Å²) in [4.78, 5) is 20.0. The predicted molar refractivity (Wildman–Crippen MR) is 113 cm³/mol. The van der Waals surface area contributed by atoms with Gasteiger partial charge in [0.15, 0.2) is 11.3 Å². The summed E-state index contributed by atoms with van der Waals surface area (Å²) < 4.78 is 19.5. The van der Waals surface area contributed by atoms with Gasteiger partial charge in [-0.15, -0.1) is 0 Å². The van der Waals surface area contributed by atoms with Gasteiger partial charge in [0.2, 0.25) is 0 Å². The molecule has 1 amide bonds. The number of nitrogens with zero attached hydrogens (tertiary/aromatic N) is 2. The summed E-state index contributed by atoms with van der Waals surface area (Å²) in [6.45, 7) is 8.85. The Labute approximate surface area is 175 Å². The van der Waals surface area contributed by atoms with Crippen molar-refractivity contribution in [2.24, 2.45) is 0 Å². The number of rotatable bonds is 3. The normalized spacial score (nSPS) is 19.8. The fourth-order valence-corrected chi connectivity index (χ4v) is 4.40. The van der Waals surface area contributed by atoms with Crippen molar-refractivity contribution in [2.45, 2.75) is 44.6 Å². The van der Waals surface area contributed by atoms with E-state index in [9.17, 15) is 9.18 Å². The number of amides is 1. The van der Waals surface area contributed by atoms with E-state index in [-0.39, 0.29) is 22.7 Å². The molecule has 5 nitrogen and oxygen atoms in total. The zero-order valence-corrected chi connectivity index (χ0v) is 17.7. The number of fused-ring (bicyclic) bond motifs is 1. The molecule has 3 aromatic rings. The van der Waals surface area contributed by atoms with Crippen LogP contribution in [0.2, 0.25) is 0 Å². The first-order valence-corrected chi connectivity index (χ1v) is 10.6. The van der Waals surface area contributed by atoms with Crippen LogP contribution >= 0.6 is 0 Å². The highest BCUT2D eigenvalue weighted by atomic mass is 19.1. The van der Waals surface area contributed by atoms with Crippen molar-refractivity contribution < 1.29 is 18.9 Å². The number of quaternary nitrogens is 1. The van der Waals surface area contributed by atoms with E-state index in [1.165, 1.54) is 12.1 Å². The lowest BCUT2D eigenvalue weighted by Gasteiger charge is -2.39. The molecule has 6 heteroatoms. The zero-order valence-electron chi connectivity index (χ0n) is 17.7. The molecule has 1 aromatic carbocycles. The topological polar surface area (TPSA) is 63.0 Å². The first-order chi connectivity index (χ1) is 14.3. The van der Waals surface area contributed by atoms with Crippen LogP contribution in [0.5, 0.6) is 0 Å². The third kappa shape index (κ3) is 3.19. The van der Waals surface area contributed by atoms with Crippen LogP contribution in [0.1, 0.15) is 49.7 Å². The van der Waals surface area contributed by atoms with Gasteiger partial charge in [-0.05, 0) is 62.4 Å². The summed E-state index contributed by atoms with van der Waals surface area (Å²) in [7, 11) is 0. The third-order valence-electron chi connectivity index (χ3n) is 6.66. The molecule has 1 saturated heterocycles. The van der Waals surface area contributed by atoms with Gasteiger partial charge in [0.25, 0.3) is 5.91 Å². The molecule has 0 spiro atoms. The van der Waals surface area contributed by atoms with Gasteiger partial charge < -0.3 is 14.6 Å². The number of hydrogen-bond acceptors (Lipinski definition) is 3. The number of nitrogens with two attached hydrogens (primary N) is 1. The minimum atomic E-state index is -0.271. The maximum absolute atomic E-state index is 13.4. The van der Waals surface area contributed by atoms with Crippen LogP contribution in [0.3, 0.4) is 0 Å². The molecule has 2 aromatic heterocycles. The average Bonchev–Trinajstić information content (AvgIpc) is 3.31. The lowest BCUT2D eigenvalue weighted by atomic mass is 9.96. The number of aromatic nitrogens is 1. The first-order valence-electron chi connectivity index (χ1n) is 10.6. The lowest BCUT2D eigenvalue weighted by Crippen LogP contribution is -2.93. The second-order valence-electron chi connectivity index (χ2n) is 9.50. The Balaban J connectivity index is 1.61. The molecule has 0 radical (unpaired) electrons. The van der Waals surface area contributed by atoms with Gasteiger partial charge in [0.05, 0.1) is 30.9 Å². The SMILES string of the molecule is CC1(c2cc(-c3ccc(F)cc3)nc3cc(C(=O)N4CC[NH2+]CC4(C)C)oc23)CC1. The number of halogens is 1. The van der Waals surface area contributed by atoms with Crippen molar-refractivity contribution in [2.75, 3.05) is 19.6 Å². The van der Waals surface area contributed by atoms with Gasteiger partial charge in [0.1, 0.15) is 11.3 Å². The van der Waals surface area contributed by atoms with Gasteiger partial charge in [-0.3, -0.25) is 4.79 Å².